The van der Waals surface area contributed by atoms with Gasteiger partial charge in [-0.05, 0) is 36.5 Å². The van der Waals surface area contributed by atoms with Gasteiger partial charge in [-0.25, -0.2) is 0 Å². The summed E-state index contributed by atoms with van der Waals surface area (Å²) in [4.78, 5) is 14.3. The highest BCUT2D eigenvalue weighted by molar-refractivity contribution is 5.78. The molecule has 110 valence electrons. The molecule has 1 fully saturated rings. The third-order valence-electron chi connectivity index (χ3n) is 3.66. The Morgan fingerprint density at radius 2 is 2.05 bits per heavy atom. The summed E-state index contributed by atoms with van der Waals surface area (Å²) in [7, 11) is 0. The third kappa shape index (κ3) is 3.84. The highest BCUT2D eigenvalue weighted by atomic mass is 16.5. The number of benzene rings is 1. The van der Waals surface area contributed by atoms with E-state index in [4.69, 9.17) is 4.52 Å². The highest BCUT2D eigenvalue weighted by Gasteiger charge is 2.27. The Morgan fingerprint density at radius 1 is 1.29 bits per heavy atom. The number of carbonyl (C=O) groups is 1. The second-order valence-corrected chi connectivity index (χ2v) is 5.55. The van der Waals surface area contributed by atoms with Gasteiger partial charge in [0.2, 0.25) is 5.91 Å². The van der Waals surface area contributed by atoms with Gasteiger partial charge in [0.05, 0.1) is 12.1 Å². The van der Waals surface area contributed by atoms with Gasteiger partial charge in [0, 0.05) is 19.2 Å². The molecule has 0 bridgehead atoms. The number of nitrogens with zero attached hydrogens (tertiary/aromatic N) is 2. The van der Waals surface area contributed by atoms with E-state index in [1.54, 1.807) is 18.2 Å². The zero-order valence-corrected chi connectivity index (χ0v) is 11.7. The van der Waals surface area contributed by atoms with Crippen LogP contribution in [0.1, 0.15) is 24.1 Å². The molecule has 1 aromatic carbocycles. The number of aromatic nitrogens is 1. The summed E-state index contributed by atoms with van der Waals surface area (Å²) in [5.74, 6) is 0.925. The van der Waals surface area contributed by atoms with E-state index < -0.39 is 0 Å². The molecule has 0 atom stereocenters. The van der Waals surface area contributed by atoms with Crippen molar-refractivity contribution in [3.8, 4) is 5.75 Å². The second-order valence-electron chi connectivity index (χ2n) is 5.55. The van der Waals surface area contributed by atoms with Crippen LogP contribution in [0.2, 0.25) is 0 Å². The van der Waals surface area contributed by atoms with Crippen LogP contribution >= 0.6 is 0 Å². The van der Waals surface area contributed by atoms with Gasteiger partial charge in [-0.3, -0.25) is 4.79 Å². The molecule has 1 aromatic heterocycles. The molecule has 5 heteroatoms. The Bertz CT molecular complexity index is 588. The maximum Gasteiger partial charge on any atom is 0.229 e. The van der Waals surface area contributed by atoms with Crippen molar-refractivity contribution in [2.75, 3.05) is 6.54 Å². The molecule has 1 saturated carbocycles. The largest absolute Gasteiger partial charge is 0.508 e. The first kappa shape index (κ1) is 13.7. The van der Waals surface area contributed by atoms with E-state index in [9.17, 15) is 9.90 Å². The lowest BCUT2D eigenvalue weighted by Gasteiger charge is -2.22. The normalized spacial score (nSPS) is 14.1. The van der Waals surface area contributed by atoms with Crippen LogP contribution in [0.25, 0.3) is 0 Å². The maximum absolute atomic E-state index is 12.4. The SMILES string of the molecule is O=C(Cc1ccon1)N(Cc1ccc(O)cc1)CC1CC1. The zero-order chi connectivity index (χ0) is 14.7. The lowest BCUT2D eigenvalue weighted by Crippen LogP contribution is -2.33. The molecule has 0 spiro atoms. The molecule has 3 rings (SSSR count). The minimum absolute atomic E-state index is 0.0591. The molecule has 1 N–H and O–H groups in total. The fourth-order valence-corrected chi connectivity index (χ4v) is 2.28. The number of phenols is 1. The van der Waals surface area contributed by atoms with Crippen molar-refractivity contribution in [1.29, 1.82) is 0 Å². The van der Waals surface area contributed by atoms with Crippen molar-refractivity contribution in [2.45, 2.75) is 25.8 Å². The van der Waals surface area contributed by atoms with Crippen LogP contribution in [-0.4, -0.2) is 27.6 Å². The van der Waals surface area contributed by atoms with Gasteiger partial charge >= 0.3 is 0 Å². The van der Waals surface area contributed by atoms with Gasteiger partial charge in [-0.2, -0.15) is 0 Å². The Labute approximate surface area is 123 Å². The molecule has 1 aliphatic rings. The van der Waals surface area contributed by atoms with Crippen molar-refractivity contribution >= 4 is 5.91 Å². The van der Waals surface area contributed by atoms with E-state index in [2.05, 4.69) is 5.16 Å². The number of rotatable bonds is 6. The molecule has 0 unspecified atom stereocenters. The van der Waals surface area contributed by atoms with Crippen molar-refractivity contribution in [3.63, 3.8) is 0 Å². The number of amides is 1. The molecule has 1 amide bonds. The zero-order valence-electron chi connectivity index (χ0n) is 11.7. The van der Waals surface area contributed by atoms with Gasteiger partial charge in [-0.1, -0.05) is 17.3 Å². The summed E-state index contributed by atoms with van der Waals surface area (Å²) in [6, 6.07) is 8.70. The standard InChI is InChI=1S/C16H18N2O3/c19-15-5-3-13(4-6-15)11-18(10-12-1-2-12)16(20)9-14-7-8-21-17-14/h3-8,12,19H,1-2,9-11H2. The number of aromatic hydroxyl groups is 1. The smallest absolute Gasteiger partial charge is 0.229 e. The summed E-state index contributed by atoms with van der Waals surface area (Å²) in [6.45, 7) is 1.35. The molecule has 1 aliphatic carbocycles. The quantitative estimate of drug-likeness (QED) is 0.885. The van der Waals surface area contributed by atoms with Crippen LogP contribution in [0.3, 0.4) is 0 Å². The van der Waals surface area contributed by atoms with E-state index in [0.717, 1.165) is 12.1 Å². The third-order valence-corrected chi connectivity index (χ3v) is 3.66. The topological polar surface area (TPSA) is 66.6 Å². The van der Waals surface area contributed by atoms with E-state index >= 15 is 0 Å². The molecular weight excluding hydrogens is 268 g/mol. The molecule has 1 heterocycles. The Kier molecular flexibility index (Phi) is 3.90. The monoisotopic (exact) mass is 286 g/mol. The molecule has 0 radical (unpaired) electrons. The Balaban J connectivity index is 1.67. The first-order chi connectivity index (χ1) is 10.2. The molecular formula is C16H18N2O3. The van der Waals surface area contributed by atoms with Gasteiger partial charge in [0.25, 0.3) is 0 Å². The van der Waals surface area contributed by atoms with Gasteiger partial charge in [0.1, 0.15) is 12.0 Å². The van der Waals surface area contributed by atoms with E-state index in [0.29, 0.717) is 18.2 Å². The lowest BCUT2D eigenvalue weighted by molar-refractivity contribution is -0.131. The van der Waals surface area contributed by atoms with Gasteiger partial charge in [-0.15, -0.1) is 0 Å². The van der Waals surface area contributed by atoms with Crippen molar-refractivity contribution in [3.05, 3.63) is 47.9 Å². The summed E-state index contributed by atoms with van der Waals surface area (Å²) in [5, 5.41) is 13.1. The van der Waals surface area contributed by atoms with E-state index in [-0.39, 0.29) is 18.1 Å². The fourth-order valence-electron chi connectivity index (χ4n) is 2.28. The summed E-state index contributed by atoms with van der Waals surface area (Å²) in [6.07, 6.45) is 4.14. The molecule has 0 aliphatic heterocycles. The number of carbonyl (C=O) groups excluding carboxylic acids is 1. The average Bonchev–Trinajstić information content (AvgIpc) is 3.15. The predicted molar refractivity (Wildman–Crippen MR) is 76.5 cm³/mol. The summed E-state index contributed by atoms with van der Waals surface area (Å²) in [5.41, 5.74) is 1.67. The number of hydrogen-bond donors (Lipinski definition) is 1. The van der Waals surface area contributed by atoms with Crippen molar-refractivity contribution in [1.82, 2.24) is 10.1 Å². The lowest BCUT2D eigenvalue weighted by atomic mass is 10.1. The minimum Gasteiger partial charge on any atom is -0.508 e. The Hall–Kier alpha value is -2.30. The summed E-state index contributed by atoms with van der Waals surface area (Å²) >= 11 is 0. The van der Waals surface area contributed by atoms with Crippen LogP contribution < -0.4 is 0 Å². The van der Waals surface area contributed by atoms with E-state index in [1.807, 2.05) is 17.0 Å². The van der Waals surface area contributed by atoms with E-state index in [1.165, 1.54) is 19.1 Å². The first-order valence-electron chi connectivity index (χ1n) is 7.15. The average molecular weight is 286 g/mol. The van der Waals surface area contributed by atoms with Crippen molar-refractivity contribution < 1.29 is 14.4 Å². The summed E-state index contributed by atoms with van der Waals surface area (Å²) < 4.78 is 4.77. The molecule has 5 nitrogen and oxygen atoms in total. The van der Waals surface area contributed by atoms with Crippen LogP contribution in [0, 0.1) is 5.92 Å². The molecule has 0 saturated heterocycles. The second kappa shape index (κ2) is 5.99. The first-order valence-corrected chi connectivity index (χ1v) is 7.15. The Morgan fingerprint density at radius 3 is 2.67 bits per heavy atom. The van der Waals surface area contributed by atoms with Gasteiger partial charge < -0.3 is 14.5 Å². The number of hydrogen-bond acceptors (Lipinski definition) is 4. The minimum atomic E-state index is 0.0591. The van der Waals surface area contributed by atoms with Crippen LogP contribution in [-0.2, 0) is 17.8 Å². The van der Waals surface area contributed by atoms with Crippen LogP contribution in [0.5, 0.6) is 5.75 Å². The van der Waals surface area contributed by atoms with Crippen LogP contribution in [0.15, 0.2) is 41.1 Å². The predicted octanol–water partition coefficient (Wildman–Crippen LogP) is 2.36. The maximum atomic E-state index is 12.4. The fraction of sp³-hybridized carbons (Fsp3) is 0.375. The molecule has 2 aromatic rings. The van der Waals surface area contributed by atoms with Crippen molar-refractivity contribution in [2.24, 2.45) is 5.92 Å². The highest BCUT2D eigenvalue weighted by Crippen LogP contribution is 2.30. The number of phenolic OH excluding ortho intramolecular Hbond substituents is 1. The molecule has 21 heavy (non-hydrogen) atoms. The van der Waals surface area contributed by atoms with Gasteiger partial charge in [0.15, 0.2) is 0 Å². The van der Waals surface area contributed by atoms with Crippen LogP contribution in [0.4, 0.5) is 0 Å².